The van der Waals surface area contributed by atoms with E-state index in [-0.39, 0.29) is 11.9 Å². The predicted octanol–water partition coefficient (Wildman–Crippen LogP) is 1.83. The van der Waals surface area contributed by atoms with Crippen molar-refractivity contribution < 1.29 is 14.3 Å². The first-order valence-electron chi connectivity index (χ1n) is 7.94. The Balaban J connectivity index is 1.77. The lowest BCUT2D eigenvalue weighted by molar-refractivity contribution is -0.158. The van der Waals surface area contributed by atoms with Crippen molar-refractivity contribution in [2.24, 2.45) is 0 Å². The topological polar surface area (TPSA) is 42.0 Å². The minimum absolute atomic E-state index is 0.0671. The summed E-state index contributed by atoms with van der Waals surface area (Å²) in [5, 5.41) is 0. The summed E-state index contributed by atoms with van der Waals surface area (Å²) in [6.07, 6.45) is 1.61. The van der Waals surface area contributed by atoms with Gasteiger partial charge in [-0.15, -0.1) is 0 Å². The molecule has 0 spiro atoms. The molecule has 120 valence electrons. The normalized spacial score (nSPS) is 25.3. The van der Waals surface area contributed by atoms with Crippen molar-refractivity contribution in [1.82, 2.24) is 4.90 Å². The quantitative estimate of drug-likeness (QED) is 0.854. The zero-order valence-corrected chi connectivity index (χ0v) is 13.3. The number of benzene rings is 1. The lowest BCUT2D eigenvalue weighted by atomic mass is 10.0. The largest absolute Gasteiger partial charge is 0.378 e. The summed E-state index contributed by atoms with van der Waals surface area (Å²) in [7, 11) is 4.06. The molecule has 2 saturated heterocycles. The van der Waals surface area contributed by atoms with Crippen molar-refractivity contribution in [3.05, 3.63) is 29.8 Å². The number of nitrogens with zero attached hydrogens (tertiary/aromatic N) is 2. The van der Waals surface area contributed by atoms with Crippen molar-refractivity contribution in [2.75, 3.05) is 45.4 Å². The molecule has 1 aromatic carbocycles. The number of likely N-dealkylation sites (tertiary alicyclic amines) is 1. The Bertz CT molecular complexity index is 526. The van der Waals surface area contributed by atoms with Crippen molar-refractivity contribution in [3.8, 4) is 0 Å². The minimum atomic E-state index is -0.439. The van der Waals surface area contributed by atoms with E-state index in [1.807, 2.05) is 19.0 Å². The highest BCUT2D eigenvalue weighted by molar-refractivity contribution is 5.82. The molecule has 0 N–H and O–H groups in total. The molecule has 1 amide bonds. The van der Waals surface area contributed by atoms with Gasteiger partial charge in [0, 0.05) is 26.3 Å². The number of carbonyl (C=O) groups is 1. The lowest BCUT2D eigenvalue weighted by Crippen LogP contribution is -2.45. The van der Waals surface area contributed by atoms with E-state index in [9.17, 15) is 4.79 Å². The van der Waals surface area contributed by atoms with Gasteiger partial charge < -0.3 is 19.3 Å². The average Bonchev–Trinajstić information content (AvgIpc) is 3.04. The summed E-state index contributed by atoms with van der Waals surface area (Å²) in [5.41, 5.74) is 2.36. The van der Waals surface area contributed by atoms with Crippen LogP contribution in [0.15, 0.2) is 24.3 Å². The van der Waals surface area contributed by atoms with Crippen molar-refractivity contribution in [1.29, 1.82) is 0 Å². The van der Waals surface area contributed by atoms with Crippen LogP contribution in [0.4, 0.5) is 5.69 Å². The Labute approximate surface area is 131 Å². The summed E-state index contributed by atoms with van der Waals surface area (Å²) in [5.74, 6) is 0.0671. The van der Waals surface area contributed by atoms with Gasteiger partial charge in [-0.05, 0) is 30.5 Å². The molecule has 3 rings (SSSR count). The van der Waals surface area contributed by atoms with Crippen LogP contribution in [0.2, 0.25) is 0 Å². The highest BCUT2D eigenvalue weighted by atomic mass is 16.6. The molecular weight excluding hydrogens is 280 g/mol. The van der Waals surface area contributed by atoms with E-state index in [1.165, 1.54) is 5.56 Å². The molecule has 2 aliphatic rings. The van der Waals surface area contributed by atoms with Crippen molar-refractivity contribution in [2.45, 2.75) is 25.0 Å². The predicted molar refractivity (Wildman–Crippen MR) is 85.0 cm³/mol. The first-order chi connectivity index (χ1) is 10.7. The Kier molecular flexibility index (Phi) is 4.64. The Morgan fingerprint density at radius 2 is 2.18 bits per heavy atom. The SMILES string of the molecule is CN(C)c1cccc([C@H]2CCCN2C(=O)[C@H]2COCCO2)c1. The molecule has 0 aromatic heterocycles. The fourth-order valence-electron chi connectivity index (χ4n) is 3.20. The average molecular weight is 304 g/mol. The smallest absolute Gasteiger partial charge is 0.254 e. The fourth-order valence-corrected chi connectivity index (χ4v) is 3.20. The van der Waals surface area contributed by atoms with Crippen LogP contribution in [0.3, 0.4) is 0 Å². The Morgan fingerprint density at radius 3 is 2.91 bits per heavy atom. The van der Waals surface area contributed by atoms with E-state index in [2.05, 4.69) is 29.2 Å². The highest BCUT2D eigenvalue weighted by Crippen LogP contribution is 2.34. The van der Waals surface area contributed by atoms with Gasteiger partial charge in [-0.1, -0.05) is 12.1 Å². The maximum absolute atomic E-state index is 12.7. The van der Waals surface area contributed by atoms with Gasteiger partial charge in [0.15, 0.2) is 6.10 Å². The van der Waals surface area contributed by atoms with Crippen molar-refractivity contribution in [3.63, 3.8) is 0 Å². The monoisotopic (exact) mass is 304 g/mol. The minimum Gasteiger partial charge on any atom is -0.378 e. The molecule has 2 aliphatic heterocycles. The van der Waals surface area contributed by atoms with E-state index in [1.54, 1.807) is 0 Å². The molecule has 5 heteroatoms. The molecule has 2 fully saturated rings. The summed E-state index contributed by atoms with van der Waals surface area (Å²) in [6, 6.07) is 8.59. The van der Waals surface area contributed by atoms with Crippen LogP contribution >= 0.6 is 0 Å². The van der Waals surface area contributed by atoms with Gasteiger partial charge in [-0.25, -0.2) is 0 Å². The van der Waals surface area contributed by atoms with E-state index >= 15 is 0 Å². The molecule has 0 aliphatic carbocycles. The molecule has 0 saturated carbocycles. The summed E-state index contributed by atoms with van der Waals surface area (Å²) >= 11 is 0. The zero-order chi connectivity index (χ0) is 15.5. The Morgan fingerprint density at radius 1 is 1.32 bits per heavy atom. The Hall–Kier alpha value is -1.59. The van der Waals surface area contributed by atoms with Gasteiger partial charge in [-0.2, -0.15) is 0 Å². The number of carbonyl (C=O) groups excluding carboxylic acids is 1. The van der Waals surface area contributed by atoms with Crippen LogP contribution in [0.1, 0.15) is 24.4 Å². The molecule has 5 nitrogen and oxygen atoms in total. The number of rotatable bonds is 3. The molecule has 0 radical (unpaired) electrons. The van der Waals surface area contributed by atoms with Crippen LogP contribution in [0, 0.1) is 0 Å². The molecule has 1 aromatic rings. The van der Waals surface area contributed by atoms with E-state index in [4.69, 9.17) is 9.47 Å². The van der Waals surface area contributed by atoms with E-state index in [0.717, 1.165) is 25.1 Å². The first-order valence-corrected chi connectivity index (χ1v) is 7.94. The second-order valence-corrected chi connectivity index (χ2v) is 6.11. The number of amides is 1. The summed E-state index contributed by atoms with van der Waals surface area (Å²) < 4.78 is 10.9. The molecule has 22 heavy (non-hydrogen) atoms. The van der Waals surface area contributed by atoms with Crippen LogP contribution in [0.25, 0.3) is 0 Å². The first kappa shape index (κ1) is 15.3. The van der Waals surface area contributed by atoms with Gasteiger partial charge in [0.25, 0.3) is 5.91 Å². The third kappa shape index (κ3) is 3.10. The van der Waals surface area contributed by atoms with Crippen LogP contribution < -0.4 is 4.90 Å². The maximum atomic E-state index is 12.7. The second-order valence-electron chi connectivity index (χ2n) is 6.11. The van der Waals surface area contributed by atoms with Crippen molar-refractivity contribution >= 4 is 11.6 Å². The summed E-state index contributed by atoms with van der Waals surface area (Å²) in [6.45, 7) is 2.26. The number of hydrogen-bond acceptors (Lipinski definition) is 4. The van der Waals surface area contributed by atoms with Crippen LogP contribution in [0.5, 0.6) is 0 Å². The maximum Gasteiger partial charge on any atom is 0.254 e. The molecule has 2 heterocycles. The fraction of sp³-hybridized carbons (Fsp3) is 0.588. The molecule has 2 atom stereocenters. The van der Waals surface area contributed by atoms with Crippen LogP contribution in [-0.4, -0.2) is 57.4 Å². The van der Waals surface area contributed by atoms with E-state index < -0.39 is 6.10 Å². The molecular formula is C17H24N2O3. The third-order valence-corrected chi connectivity index (χ3v) is 4.40. The van der Waals surface area contributed by atoms with Gasteiger partial charge in [-0.3, -0.25) is 4.79 Å². The summed E-state index contributed by atoms with van der Waals surface area (Å²) in [4.78, 5) is 16.8. The zero-order valence-electron chi connectivity index (χ0n) is 13.3. The van der Waals surface area contributed by atoms with Gasteiger partial charge in [0.1, 0.15) is 0 Å². The van der Waals surface area contributed by atoms with Gasteiger partial charge in [0.05, 0.1) is 25.9 Å². The van der Waals surface area contributed by atoms with Gasteiger partial charge in [0.2, 0.25) is 0 Å². The number of ether oxygens (including phenoxy) is 2. The third-order valence-electron chi connectivity index (χ3n) is 4.40. The van der Waals surface area contributed by atoms with E-state index in [0.29, 0.717) is 19.8 Å². The van der Waals surface area contributed by atoms with Gasteiger partial charge >= 0.3 is 0 Å². The highest BCUT2D eigenvalue weighted by Gasteiger charge is 2.35. The second kappa shape index (κ2) is 6.67. The standard InChI is InChI=1S/C17H24N2O3/c1-18(2)14-6-3-5-13(11-14)15-7-4-8-19(15)17(20)16-12-21-9-10-22-16/h3,5-6,11,15-16H,4,7-10,12H2,1-2H3/t15-,16-/m1/s1. The lowest BCUT2D eigenvalue weighted by Gasteiger charge is -2.31. The molecule has 0 unspecified atom stereocenters. The molecule has 0 bridgehead atoms. The number of anilines is 1. The number of hydrogen-bond donors (Lipinski definition) is 0. The van der Waals surface area contributed by atoms with Crippen LogP contribution in [-0.2, 0) is 14.3 Å².